The number of aryl methyl sites for hydroxylation is 1. The lowest BCUT2D eigenvalue weighted by Crippen LogP contribution is -2.40. The van der Waals surface area contributed by atoms with Crippen LogP contribution in [0.15, 0.2) is 24.3 Å². The highest BCUT2D eigenvalue weighted by Gasteiger charge is 2.22. The average Bonchev–Trinajstić information content (AvgIpc) is 2.28. The summed E-state index contributed by atoms with van der Waals surface area (Å²) in [4.78, 5) is 14.0. The summed E-state index contributed by atoms with van der Waals surface area (Å²) in [6, 6.07) is 7.72. The number of amides is 1. The first-order chi connectivity index (χ1) is 7.66. The number of benzene rings is 1. The molecule has 0 aromatic heterocycles. The van der Waals surface area contributed by atoms with Gasteiger partial charge in [-0.25, -0.2) is 0 Å². The van der Waals surface area contributed by atoms with Gasteiger partial charge in [0.2, 0.25) is 0 Å². The fourth-order valence-electron chi connectivity index (χ4n) is 2.07. The van der Waals surface area contributed by atoms with E-state index in [0.29, 0.717) is 6.54 Å². The van der Waals surface area contributed by atoms with Crippen molar-refractivity contribution in [3.63, 3.8) is 0 Å². The second-order valence-corrected chi connectivity index (χ2v) is 4.98. The first-order valence-electron chi connectivity index (χ1n) is 5.67. The number of hydrogen-bond donors (Lipinski definition) is 0. The fourth-order valence-corrected chi connectivity index (χ4v) is 2.39. The molecule has 1 aromatic rings. The zero-order valence-electron chi connectivity index (χ0n) is 9.45. The van der Waals surface area contributed by atoms with Crippen LogP contribution >= 0.6 is 11.6 Å². The van der Waals surface area contributed by atoms with Crippen molar-refractivity contribution in [2.75, 3.05) is 13.1 Å². The number of rotatable bonds is 1. The maximum atomic E-state index is 12.2. The van der Waals surface area contributed by atoms with E-state index in [1.54, 1.807) is 0 Å². The van der Waals surface area contributed by atoms with Gasteiger partial charge in [0, 0.05) is 18.7 Å². The average molecular weight is 238 g/mol. The summed E-state index contributed by atoms with van der Waals surface area (Å²) in [7, 11) is 0. The van der Waals surface area contributed by atoms with Gasteiger partial charge in [-0.05, 0) is 31.9 Å². The molecule has 1 fully saturated rings. The van der Waals surface area contributed by atoms with E-state index in [2.05, 4.69) is 0 Å². The summed E-state index contributed by atoms with van der Waals surface area (Å²) in [6.07, 6.45) is 2.02. The van der Waals surface area contributed by atoms with Gasteiger partial charge in [-0.15, -0.1) is 11.6 Å². The molecule has 0 N–H and O–H groups in total. The molecule has 86 valence electrons. The third-order valence-corrected chi connectivity index (χ3v) is 3.27. The predicted molar refractivity (Wildman–Crippen MR) is 66.0 cm³/mol. The summed E-state index contributed by atoms with van der Waals surface area (Å²) in [6.45, 7) is 3.50. The highest BCUT2D eigenvalue weighted by atomic mass is 35.5. The third kappa shape index (κ3) is 2.56. The van der Waals surface area contributed by atoms with Gasteiger partial charge in [-0.3, -0.25) is 4.79 Å². The highest BCUT2D eigenvalue weighted by molar-refractivity contribution is 6.21. The lowest BCUT2D eigenvalue weighted by Gasteiger charge is -2.29. The second kappa shape index (κ2) is 4.88. The van der Waals surface area contributed by atoms with Crippen LogP contribution in [0.2, 0.25) is 0 Å². The Kier molecular flexibility index (Phi) is 3.49. The van der Waals surface area contributed by atoms with Crippen LogP contribution in [-0.2, 0) is 0 Å². The minimum absolute atomic E-state index is 0.106. The molecule has 2 nitrogen and oxygen atoms in total. The van der Waals surface area contributed by atoms with Crippen LogP contribution < -0.4 is 0 Å². The maximum Gasteiger partial charge on any atom is 0.253 e. The number of likely N-dealkylation sites (tertiary alicyclic amines) is 1. The predicted octanol–water partition coefficient (Wildman–Crippen LogP) is 2.84. The lowest BCUT2D eigenvalue weighted by atomic mass is 10.1. The summed E-state index contributed by atoms with van der Waals surface area (Å²) < 4.78 is 0. The molecule has 0 spiro atoms. The molecule has 1 heterocycles. The molecule has 1 atom stereocenters. The van der Waals surface area contributed by atoms with E-state index >= 15 is 0 Å². The zero-order chi connectivity index (χ0) is 11.5. The number of hydrogen-bond acceptors (Lipinski definition) is 1. The zero-order valence-corrected chi connectivity index (χ0v) is 10.2. The number of halogens is 1. The van der Waals surface area contributed by atoms with Crippen LogP contribution in [0.25, 0.3) is 0 Å². The van der Waals surface area contributed by atoms with E-state index in [4.69, 9.17) is 11.6 Å². The van der Waals surface area contributed by atoms with E-state index in [1.807, 2.05) is 36.1 Å². The number of carbonyl (C=O) groups excluding carboxylic acids is 1. The van der Waals surface area contributed by atoms with Crippen LogP contribution in [0.3, 0.4) is 0 Å². The van der Waals surface area contributed by atoms with E-state index in [9.17, 15) is 4.79 Å². The van der Waals surface area contributed by atoms with Crippen molar-refractivity contribution in [2.45, 2.75) is 25.1 Å². The minimum atomic E-state index is 0.106. The van der Waals surface area contributed by atoms with Crippen molar-refractivity contribution >= 4 is 17.5 Å². The monoisotopic (exact) mass is 237 g/mol. The Labute approximate surface area is 101 Å². The molecule has 1 aliphatic rings. The van der Waals surface area contributed by atoms with Crippen molar-refractivity contribution in [1.82, 2.24) is 4.90 Å². The van der Waals surface area contributed by atoms with Crippen LogP contribution in [0.5, 0.6) is 0 Å². The van der Waals surface area contributed by atoms with Gasteiger partial charge in [0.15, 0.2) is 0 Å². The van der Waals surface area contributed by atoms with Crippen LogP contribution in [0, 0.1) is 6.92 Å². The number of piperidine rings is 1. The van der Waals surface area contributed by atoms with Gasteiger partial charge in [-0.1, -0.05) is 17.7 Å². The Morgan fingerprint density at radius 1 is 1.50 bits per heavy atom. The molecule has 0 aliphatic carbocycles. The second-order valence-electron chi connectivity index (χ2n) is 4.36. The molecule has 0 saturated carbocycles. The molecule has 1 aliphatic heterocycles. The largest absolute Gasteiger partial charge is 0.337 e. The van der Waals surface area contributed by atoms with Crippen LogP contribution in [-0.4, -0.2) is 29.3 Å². The minimum Gasteiger partial charge on any atom is -0.337 e. The van der Waals surface area contributed by atoms with Gasteiger partial charge in [0.05, 0.1) is 5.38 Å². The fraction of sp³-hybridized carbons (Fsp3) is 0.462. The molecule has 1 unspecified atom stereocenters. The Bertz CT molecular complexity index is 391. The normalized spacial score (nSPS) is 20.9. The Hall–Kier alpha value is -1.02. The van der Waals surface area contributed by atoms with E-state index < -0.39 is 0 Å². The molecular weight excluding hydrogens is 222 g/mol. The molecule has 2 rings (SSSR count). The van der Waals surface area contributed by atoms with Crippen molar-refractivity contribution in [2.24, 2.45) is 0 Å². The van der Waals surface area contributed by atoms with Crippen molar-refractivity contribution in [3.05, 3.63) is 35.4 Å². The van der Waals surface area contributed by atoms with Gasteiger partial charge >= 0.3 is 0 Å². The summed E-state index contributed by atoms with van der Waals surface area (Å²) in [5, 5.41) is 0.113. The lowest BCUT2D eigenvalue weighted by molar-refractivity contribution is 0.0727. The van der Waals surface area contributed by atoms with Crippen molar-refractivity contribution in [3.8, 4) is 0 Å². The summed E-state index contributed by atoms with van der Waals surface area (Å²) >= 11 is 6.08. The summed E-state index contributed by atoms with van der Waals surface area (Å²) in [5.74, 6) is 0.106. The van der Waals surface area contributed by atoms with Crippen LogP contribution in [0.4, 0.5) is 0 Å². The molecule has 1 saturated heterocycles. The first kappa shape index (κ1) is 11.5. The van der Waals surface area contributed by atoms with E-state index in [-0.39, 0.29) is 11.3 Å². The Balaban J connectivity index is 2.12. The van der Waals surface area contributed by atoms with Crippen molar-refractivity contribution < 1.29 is 4.79 Å². The summed E-state index contributed by atoms with van der Waals surface area (Å²) in [5.41, 5.74) is 1.89. The molecule has 3 heteroatoms. The van der Waals surface area contributed by atoms with Gasteiger partial charge < -0.3 is 4.90 Å². The number of nitrogens with zero attached hydrogens (tertiary/aromatic N) is 1. The SMILES string of the molecule is Cc1cccc(C(=O)N2CCCC(Cl)C2)c1. The standard InChI is InChI=1S/C13H16ClNO/c1-10-4-2-5-11(8-10)13(16)15-7-3-6-12(14)9-15/h2,4-5,8,12H,3,6-7,9H2,1H3. The highest BCUT2D eigenvalue weighted by Crippen LogP contribution is 2.17. The smallest absolute Gasteiger partial charge is 0.253 e. The molecular formula is C13H16ClNO. The molecule has 1 aromatic carbocycles. The van der Waals surface area contributed by atoms with E-state index in [0.717, 1.165) is 30.5 Å². The van der Waals surface area contributed by atoms with Gasteiger partial charge in [0.1, 0.15) is 0 Å². The Morgan fingerprint density at radius 3 is 3.00 bits per heavy atom. The number of alkyl halides is 1. The molecule has 0 radical (unpaired) electrons. The third-order valence-electron chi connectivity index (χ3n) is 2.92. The molecule has 16 heavy (non-hydrogen) atoms. The van der Waals surface area contributed by atoms with Crippen molar-refractivity contribution in [1.29, 1.82) is 0 Å². The Morgan fingerprint density at radius 2 is 2.31 bits per heavy atom. The maximum absolute atomic E-state index is 12.2. The topological polar surface area (TPSA) is 20.3 Å². The van der Waals surface area contributed by atoms with Gasteiger partial charge in [0.25, 0.3) is 5.91 Å². The molecule has 1 amide bonds. The molecule has 0 bridgehead atoms. The van der Waals surface area contributed by atoms with E-state index in [1.165, 1.54) is 0 Å². The van der Waals surface area contributed by atoms with Gasteiger partial charge in [-0.2, -0.15) is 0 Å². The quantitative estimate of drug-likeness (QED) is 0.688. The first-order valence-corrected chi connectivity index (χ1v) is 6.10. The number of carbonyl (C=O) groups is 1. The van der Waals surface area contributed by atoms with Crippen LogP contribution in [0.1, 0.15) is 28.8 Å².